The Morgan fingerprint density at radius 1 is 0.354 bits per heavy atom. The molecular formula is C73H139NO5. The molecule has 79 heavy (non-hydrogen) atoms. The summed E-state index contributed by atoms with van der Waals surface area (Å²) < 4.78 is 5.50. The van der Waals surface area contributed by atoms with Crippen molar-refractivity contribution in [2.24, 2.45) is 0 Å². The van der Waals surface area contributed by atoms with Crippen molar-refractivity contribution in [2.45, 2.75) is 405 Å². The third-order valence-corrected chi connectivity index (χ3v) is 16.7. The van der Waals surface area contributed by atoms with Crippen LogP contribution in [-0.2, 0) is 14.3 Å². The van der Waals surface area contributed by atoms with Gasteiger partial charge < -0.3 is 20.3 Å². The molecule has 0 fully saturated rings. The van der Waals surface area contributed by atoms with Gasteiger partial charge in [-0.1, -0.05) is 333 Å². The van der Waals surface area contributed by atoms with Crippen LogP contribution in [0.25, 0.3) is 0 Å². The molecule has 0 aliphatic rings. The number of unbranched alkanes of at least 4 members (excludes halogenated alkanes) is 50. The minimum Gasteiger partial charge on any atom is -0.466 e. The second-order valence-corrected chi connectivity index (χ2v) is 24.6. The number of allylic oxidation sites excluding steroid dienone is 6. The van der Waals surface area contributed by atoms with E-state index in [4.69, 9.17) is 4.74 Å². The molecule has 0 aromatic carbocycles. The first-order chi connectivity index (χ1) is 39.0. The van der Waals surface area contributed by atoms with Crippen LogP contribution in [-0.4, -0.2) is 47.4 Å². The number of ether oxygens (including phenoxy) is 1. The summed E-state index contributed by atoms with van der Waals surface area (Å²) in [4.78, 5) is 24.6. The molecule has 0 aliphatic heterocycles. The lowest BCUT2D eigenvalue weighted by molar-refractivity contribution is -0.143. The predicted octanol–water partition coefficient (Wildman–Crippen LogP) is 23.1. The van der Waals surface area contributed by atoms with E-state index >= 15 is 0 Å². The number of amides is 1. The van der Waals surface area contributed by atoms with Crippen molar-refractivity contribution >= 4 is 11.9 Å². The number of rotatable bonds is 67. The van der Waals surface area contributed by atoms with Crippen LogP contribution >= 0.6 is 0 Å². The molecule has 0 aliphatic carbocycles. The van der Waals surface area contributed by atoms with Gasteiger partial charge in [0.05, 0.1) is 25.4 Å². The molecule has 0 rings (SSSR count). The van der Waals surface area contributed by atoms with E-state index in [-0.39, 0.29) is 18.5 Å². The normalized spacial score (nSPS) is 12.7. The van der Waals surface area contributed by atoms with Gasteiger partial charge in [0.2, 0.25) is 5.91 Å². The first-order valence-corrected chi connectivity index (χ1v) is 35.7. The maximum absolute atomic E-state index is 12.5. The van der Waals surface area contributed by atoms with E-state index in [9.17, 15) is 19.8 Å². The molecule has 1 amide bonds. The van der Waals surface area contributed by atoms with E-state index in [1.807, 2.05) is 0 Å². The summed E-state index contributed by atoms with van der Waals surface area (Å²) in [6.45, 7) is 4.96. The quantitative estimate of drug-likeness (QED) is 0.0320. The summed E-state index contributed by atoms with van der Waals surface area (Å²) in [6.07, 6.45) is 87.6. The molecule has 0 aromatic heterocycles. The Morgan fingerprint density at radius 2 is 0.633 bits per heavy atom. The van der Waals surface area contributed by atoms with Crippen LogP contribution in [0.4, 0.5) is 0 Å². The largest absolute Gasteiger partial charge is 0.466 e. The van der Waals surface area contributed by atoms with Crippen molar-refractivity contribution in [2.75, 3.05) is 13.2 Å². The van der Waals surface area contributed by atoms with Crippen molar-refractivity contribution in [3.05, 3.63) is 36.5 Å². The number of aliphatic hydroxyl groups excluding tert-OH is 2. The van der Waals surface area contributed by atoms with Gasteiger partial charge in [0.25, 0.3) is 0 Å². The summed E-state index contributed by atoms with van der Waals surface area (Å²) >= 11 is 0. The standard InChI is InChI=1S/C73H139NO5/c1-3-5-7-9-11-13-15-17-19-21-22-27-30-34-37-41-45-49-53-57-61-65-71(76)70(69-75)74-72(77)66-62-58-54-50-46-42-38-35-31-28-25-23-24-26-29-32-36-40-44-48-52-56-60-64-68-79-73(78)67-63-59-55-51-47-43-39-33-20-18-16-14-12-10-8-6-4-2/h12,14,18,20,25,28,70-71,75-76H,3-11,13,15-17,19,21-24,26-27,29-69H2,1-2H3,(H,74,77)/b14-12-,20-18-,28-25-. The molecule has 0 aromatic rings. The SMILES string of the molecule is CCCCC/C=C\C/C=C\CCCCCCCCCC(=O)OCCCCCCCCCCCCCC/C=C\CCCCCCCCCCC(=O)NC(CO)C(O)CCCCCCCCCCCCCCCCCCCCCCC. The van der Waals surface area contributed by atoms with Crippen molar-refractivity contribution in [1.82, 2.24) is 5.32 Å². The number of carbonyl (C=O) groups is 2. The van der Waals surface area contributed by atoms with E-state index in [2.05, 4.69) is 55.6 Å². The Morgan fingerprint density at radius 3 is 1.00 bits per heavy atom. The van der Waals surface area contributed by atoms with E-state index < -0.39 is 12.1 Å². The zero-order valence-electron chi connectivity index (χ0n) is 53.4. The molecule has 0 saturated heterocycles. The Labute approximate surface area is 494 Å². The van der Waals surface area contributed by atoms with Gasteiger partial charge in [0.1, 0.15) is 0 Å². The second-order valence-electron chi connectivity index (χ2n) is 24.6. The highest BCUT2D eigenvalue weighted by atomic mass is 16.5. The molecule has 466 valence electrons. The Hall–Kier alpha value is -1.92. The fraction of sp³-hybridized carbons (Fsp3) is 0.890. The lowest BCUT2D eigenvalue weighted by Gasteiger charge is -2.22. The molecule has 3 N–H and O–H groups in total. The molecule has 2 unspecified atom stereocenters. The lowest BCUT2D eigenvalue weighted by Crippen LogP contribution is -2.45. The number of aliphatic hydroxyl groups is 2. The molecule has 0 radical (unpaired) electrons. The van der Waals surface area contributed by atoms with Crippen LogP contribution in [0, 0.1) is 0 Å². The predicted molar refractivity (Wildman–Crippen MR) is 347 cm³/mol. The van der Waals surface area contributed by atoms with Crippen LogP contribution in [0.3, 0.4) is 0 Å². The van der Waals surface area contributed by atoms with E-state index in [1.54, 1.807) is 0 Å². The first kappa shape index (κ1) is 77.1. The number of nitrogens with one attached hydrogen (secondary N) is 1. The van der Waals surface area contributed by atoms with Gasteiger partial charge in [0, 0.05) is 12.8 Å². The summed E-state index contributed by atoms with van der Waals surface area (Å²) in [7, 11) is 0. The minimum absolute atomic E-state index is 0.00542. The number of esters is 1. The van der Waals surface area contributed by atoms with Crippen molar-refractivity contribution in [3.63, 3.8) is 0 Å². The van der Waals surface area contributed by atoms with Crippen LogP contribution < -0.4 is 5.32 Å². The first-order valence-electron chi connectivity index (χ1n) is 35.7. The van der Waals surface area contributed by atoms with Gasteiger partial charge in [-0.05, 0) is 83.5 Å². The molecule has 0 bridgehead atoms. The van der Waals surface area contributed by atoms with Crippen LogP contribution in [0.1, 0.15) is 393 Å². The van der Waals surface area contributed by atoms with Crippen LogP contribution in [0.15, 0.2) is 36.5 Å². The molecule has 6 nitrogen and oxygen atoms in total. The third-order valence-electron chi connectivity index (χ3n) is 16.7. The molecular weight excluding hydrogens is 971 g/mol. The fourth-order valence-electron chi connectivity index (χ4n) is 11.2. The third kappa shape index (κ3) is 65.1. The zero-order chi connectivity index (χ0) is 57.1. The summed E-state index contributed by atoms with van der Waals surface area (Å²) in [6, 6.07) is -0.546. The molecule has 2 atom stereocenters. The van der Waals surface area contributed by atoms with Crippen molar-refractivity contribution in [3.8, 4) is 0 Å². The lowest BCUT2D eigenvalue weighted by atomic mass is 10.0. The van der Waals surface area contributed by atoms with Gasteiger partial charge >= 0.3 is 5.97 Å². The molecule has 0 spiro atoms. The fourth-order valence-corrected chi connectivity index (χ4v) is 11.2. The van der Waals surface area contributed by atoms with Crippen LogP contribution in [0.2, 0.25) is 0 Å². The average molecular weight is 1110 g/mol. The van der Waals surface area contributed by atoms with E-state index in [0.717, 1.165) is 51.4 Å². The smallest absolute Gasteiger partial charge is 0.305 e. The second kappa shape index (κ2) is 68.6. The number of carbonyl (C=O) groups excluding carboxylic acids is 2. The van der Waals surface area contributed by atoms with Gasteiger partial charge in [-0.25, -0.2) is 0 Å². The Bertz CT molecular complexity index is 1280. The highest BCUT2D eigenvalue weighted by molar-refractivity contribution is 5.76. The number of hydrogen-bond donors (Lipinski definition) is 3. The maximum atomic E-state index is 12.5. The van der Waals surface area contributed by atoms with Crippen LogP contribution in [0.5, 0.6) is 0 Å². The van der Waals surface area contributed by atoms with Gasteiger partial charge in [-0.15, -0.1) is 0 Å². The highest BCUT2D eigenvalue weighted by Crippen LogP contribution is 2.19. The van der Waals surface area contributed by atoms with Gasteiger partial charge in [-0.2, -0.15) is 0 Å². The van der Waals surface area contributed by atoms with E-state index in [1.165, 1.54) is 308 Å². The van der Waals surface area contributed by atoms with Gasteiger partial charge in [-0.3, -0.25) is 9.59 Å². The topological polar surface area (TPSA) is 95.9 Å². The monoisotopic (exact) mass is 1110 g/mol. The van der Waals surface area contributed by atoms with Gasteiger partial charge in [0.15, 0.2) is 0 Å². The number of hydrogen-bond acceptors (Lipinski definition) is 5. The summed E-state index contributed by atoms with van der Waals surface area (Å²) in [5, 5.41) is 23.4. The highest BCUT2D eigenvalue weighted by Gasteiger charge is 2.20. The maximum Gasteiger partial charge on any atom is 0.305 e. The molecule has 0 saturated carbocycles. The Kier molecular flexibility index (Phi) is 66.9. The summed E-state index contributed by atoms with van der Waals surface area (Å²) in [5.74, 6) is -0.0303. The molecule has 0 heterocycles. The molecule has 6 heteroatoms. The average Bonchev–Trinajstić information content (AvgIpc) is 3.45. The summed E-state index contributed by atoms with van der Waals surface area (Å²) in [5.41, 5.74) is 0. The van der Waals surface area contributed by atoms with E-state index in [0.29, 0.717) is 25.9 Å². The Balaban J connectivity index is 3.40. The zero-order valence-corrected chi connectivity index (χ0v) is 53.4. The van der Waals surface area contributed by atoms with Crippen molar-refractivity contribution < 1.29 is 24.5 Å². The minimum atomic E-state index is -0.669. The van der Waals surface area contributed by atoms with Crippen molar-refractivity contribution in [1.29, 1.82) is 0 Å².